The number of aliphatic hydroxyl groups is 1. The highest BCUT2D eigenvalue weighted by Gasteiger charge is 2.38. The van der Waals surface area contributed by atoms with Crippen molar-refractivity contribution >= 4 is 70.9 Å². The molecule has 0 bridgehead atoms. The zero-order valence-electron chi connectivity index (χ0n) is 41.4. The van der Waals surface area contributed by atoms with E-state index >= 15 is 0 Å². The third kappa shape index (κ3) is 24.9. The molecule has 30 nitrogen and oxygen atoms in total. The van der Waals surface area contributed by atoms with Gasteiger partial charge in [0.2, 0.25) is 35.4 Å². The van der Waals surface area contributed by atoms with Gasteiger partial charge in [-0.2, -0.15) is 0 Å². The number of likely N-dealkylation sites (tertiary alicyclic amines) is 1. The molecule has 1 saturated heterocycles. The first-order valence-electron chi connectivity index (χ1n) is 24.1. The summed E-state index contributed by atoms with van der Waals surface area (Å²) < 4.78 is 0. The lowest BCUT2D eigenvalue weighted by Crippen LogP contribution is -2.60. The molecule has 1 heterocycles. The van der Waals surface area contributed by atoms with Gasteiger partial charge in [-0.1, -0.05) is 12.5 Å². The van der Waals surface area contributed by atoms with Gasteiger partial charge >= 0.3 is 12.0 Å². The molecule has 0 aromatic rings. The lowest BCUT2D eigenvalue weighted by Gasteiger charge is -2.28. The van der Waals surface area contributed by atoms with Crippen LogP contribution in [0.2, 0.25) is 0 Å². The number of carboxylic acids is 1. The Bertz CT molecular complexity index is 1960. The molecule has 0 aliphatic carbocycles. The highest BCUT2D eigenvalue weighted by molar-refractivity contribution is 6.40. The van der Waals surface area contributed by atoms with E-state index in [1.165, 1.54) is 17.9 Å². The highest BCUT2D eigenvalue weighted by Crippen LogP contribution is 2.20. The number of amides is 10. The van der Waals surface area contributed by atoms with Gasteiger partial charge in [0.25, 0.3) is 11.8 Å². The number of carbonyl (C=O) groups excluding carboxylic acids is 9. The number of hydrogen-bond acceptors (Lipinski definition) is 17. The summed E-state index contributed by atoms with van der Waals surface area (Å²) in [6, 6.07) is -8.64. The summed E-state index contributed by atoms with van der Waals surface area (Å²) in [4.78, 5) is 136. The first kappa shape index (κ1) is 64.2. The van der Waals surface area contributed by atoms with Crippen molar-refractivity contribution in [2.75, 3.05) is 52.4 Å². The van der Waals surface area contributed by atoms with E-state index in [1.54, 1.807) is 0 Å². The third-order valence-electron chi connectivity index (χ3n) is 11.1. The molecule has 1 aliphatic rings. The molecular formula is C43H78N18O12. The van der Waals surface area contributed by atoms with Crippen molar-refractivity contribution in [1.29, 1.82) is 5.41 Å². The molecule has 10 amide bonds. The van der Waals surface area contributed by atoms with Crippen molar-refractivity contribution in [2.45, 2.75) is 133 Å². The molecule has 0 aromatic heterocycles. The Morgan fingerprint density at radius 1 is 0.740 bits per heavy atom. The first-order chi connectivity index (χ1) is 34.6. The molecule has 0 radical (unpaired) electrons. The van der Waals surface area contributed by atoms with Gasteiger partial charge in [0.05, 0.1) is 18.7 Å². The van der Waals surface area contributed by atoms with Crippen LogP contribution >= 0.6 is 0 Å². The van der Waals surface area contributed by atoms with Crippen molar-refractivity contribution in [3.63, 3.8) is 0 Å². The normalized spacial score (nSPS) is 16.0. The monoisotopic (exact) mass is 1040 g/mol. The molecule has 1 fully saturated rings. The van der Waals surface area contributed by atoms with E-state index in [4.69, 9.17) is 45.5 Å². The SMILES string of the molecule is C[C@H](NC(=O)[C@@H](NC(=O)[C@@H](N)CCCCN)[C@@H](O)CN)C(=O)NCC(=O)/N=C(\CCCN)C(=O)N1CCC[C@H]1C(=O)N[C@@H](CCCNC(N)=O)C(=O)N[C@@H](CCCCN)C(=O)N/C(=C\CCNC(=N)N)C(=O)O. The Morgan fingerprint density at radius 3 is 1.97 bits per heavy atom. The highest BCUT2D eigenvalue weighted by atomic mass is 16.4. The van der Waals surface area contributed by atoms with Crippen LogP contribution in [-0.4, -0.2) is 181 Å². The fourth-order valence-corrected chi connectivity index (χ4v) is 7.10. The number of carboxylic acid groups (broad SMARTS) is 1. The number of unbranched alkanes of at least 4 members (excludes halogenated alkanes) is 2. The predicted molar refractivity (Wildman–Crippen MR) is 266 cm³/mol. The Labute approximate surface area is 423 Å². The summed E-state index contributed by atoms with van der Waals surface area (Å²) >= 11 is 0. The molecule has 73 heavy (non-hydrogen) atoms. The van der Waals surface area contributed by atoms with Crippen molar-refractivity contribution in [1.82, 2.24) is 47.4 Å². The van der Waals surface area contributed by atoms with Crippen molar-refractivity contribution in [3.05, 3.63) is 11.8 Å². The first-order valence-corrected chi connectivity index (χ1v) is 24.1. The van der Waals surface area contributed by atoms with E-state index < -0.39 is 120 Å². The topological polar surface area (TPSA) is 529 Å². The number of urea groups is 1. The van der Waals surface area contributed by atoms with Crippen molar-refractivity contribution < 1.29 is 58.2 Å². The van der Waals surface area contributed by atoms with Crippen LogP contribution in [0.3, 0.4) is 0 Å². The Morgan fingerprint density at radius 2 is 1.37 bits per heavy atom. The van der Waals surface area contributed by atoms with Gasteiger partial charge in [0.15, 0.2) is 5.96 Å². The maximum absolute atomic E-state index is 14.1. The van der Waals surface area contributed by atoms with E-state index in [0.29, 0.717) is 38.6 Å². The number of aliphatic imine (C=N–C) groups is 1. The Kier molecular flexibility index (Phi) is 31.0. The number of primary amides is 1. The Balaban J connectivity index is 3.26. The average Bonchev–Trinajstić information content (AvgIpc) is 3.84. The van der Waals surface area contributed by atoms with Crippen LogP contribution in [0.4, 0.5) is 4.79 Å². The van der Waals surface area contributed by atoms with Crippen molar-refractivity contribution in [2.24, 2.45) is 45.1 Å². The fraction of sp³-hybridized carbons (Fsp3) is 0.674. The molecule has 0 aromatic carbocycles. The number of rotatable bonds is 35. The minimum atomic E-state index is -1.58. The van der Waals surface area contributed by atoms with Crippen LogP contribution < -0.4 is 82.7 Å². The average molecular weight is 1040 g/mol. The number of hydrogen-bond donors (Lipinski definition) is 18. The molecule has 0 spiro atoms. The molecule has 30 heteroatoms. The summed E-state index contributed by atoms with van der Waals surface area (Å²) in [6.07, 6.45) is 2.40. The molecule has 7 atom stereocenters. The quantitative estimate of drug-likeness (QED) is 0.0121. The second-order valence-corrected chi connectivity index (χ2v) is 17.0. The maximum atomic E-state index is 14.1. The number of nitrogens with zero attached hydrogens (tertiary/aromatic N) is 2. The second-order valence-electron chi connectivity index (χ2n) is 17.0. The number of guanidine groups is 1. The van der Waals surface area contributed by atoms with Gasteiger partial charge in [0, 0.05) is 26.2 Å². The summed E-state index contributed by atoms with van der Waals surface area (Å²) in [5.74, 6) is -8.74. The predicted octanol–water partition coefficient (Wildman–Crippen LogP) is -6.93. The summed E-state index contributed by atoms with van der Waals surface area (Å²) in [5.41, 5.74) is 38.0. The van der Waals surface area contributed by atoms with Crippen LogP contribution in [0, 0.1) is 5.41 Å². The summed E-state index contributed by atoms with van der Waals surface area (Å²) in [6.45, 7) is 0.921. The minimum Gasteiger partial charge on any atom is -0.477 e. The largest absolute Gasteiger partial charge is 0.477 e. The smallest absolute Gasteiger partial charge is 0.352 e. The number of nitrogens with one attached hydrogen (secondary N) is 9. The van der Waals surface area contributed by atoms with Crippen molar-refractivity contribution in [3.8, 4) is 0 Å². The van der Waals surface area contributed by atoms with Crippen LogP contribution in [0.25, 0.3) is 0 Å². The summed E-state index contributed by atoms with van der Waals surface area (Å²) in [7, 11) is 0. The van der Waals surface area contributed by atoms with E-state index in [9.17, 15) is 58.2 Å². The number of carbonyl (C=O) groups is 10. The zero-order chi connectivity index (χ0) is 55.0. The van der Waals surface area contributed by atoms with Gasteiger partial charge in [0.1, 0.15) is 41.6 Å². The van der Waals surface area contributed by atoms with Gasteiger partial charge in [-0.15, -0.1) is 0 Å². The lowest BCUT2D eigenvalue weighted by atomic mass is 10.1. The van der Waals surface area contributed by atoms with E-state index in [0.717, 1.165) is 0 Å². The van der Waals surface area contributed by atoms with Gasteiger partial charge in [-0.25, -0.2) is 14.6 Å². The molecule has 412 valence electrons. The molecule has 1 aliphatic heterocycles. The molecule has 25 N–H and O–H groups in total. The third-order valence-corrected chi connectivity index (χ3v) is 11.1. The lowest BCUT2D eigenvalue weighted by molar-refractivity contribution is -0.137. The number of nitrogens with two attached hydrogens (primary N) is 7. The standard InChI is InChI=1S/C43H78N18O12/c1-24(55-39(69)33(31(62)22-47)60-35(65)25(48)10-2-4-16-44)34(64)54-23-32(63)56-28(12-6-18-46)40(70)61-21-9-15-30(61)38(68)58-27(13-7-20-53-43(51)73)36(66)57-26(11-3-5-17-45)37(67)59-29(41(71)72)14-8-19-52-42(49)50/h14,24-27,30-31,33,62H,2-13,15-23,44-48H2,1H3,(H,54,64)(H,55,69)(H,57,66)(H,58,68)(H,59,67)(H,60,65)(H,71,72)(H4,49,50,52)(H3,51,53,73)/b29-14-,56-28+/t24-,25-,26-,27-,30-,31-,33-/m0/s1. The second kappa shape index (κ2) is 35.3. The van der Waals surface area contributed by atoms with E-state index in [1.807, 2.05) is 0 Å². The maximum Gasteiger partial charge on any atom is 0.352 e. The summed E-state index contributed by atoms with van der Waals surface area (Å²) in [5, 5.41) is 46.8. The number of aliphatic carboxylic acids is 1. The fourth-order valence-electron chi connectivity index (χ4n) is 7.10. The molecule has 1 rings (SSSR count). The molecule has 0 saturated carbocycles. The van der Waals surface area contributed by atoms with E-state index in [-0.39, 0.29) is 95.8 Å². The van der Waals surface area contributed by atoms with Gasteiger partial charge in [-0.3, -0.25) is 43.8 Å². The van der Waals surface area contributed by atoms with Gasteiger partial charge < -0.3 is 97.8 Å². The van der Waals surface area contributed by atoms with Crippen LogP contribution in [0.5, 0.6) is 0 Å². The van der Waals surface area contributed by atoms with Gasteiger partial charge in [-0.05, 0) is 104 Å². The molecule has 0 unspecified atom stereocenters. The van der Waals surface area contributed by atoms with Crippen LogP contribution in [0.1, 0.15) is 90.4 Å². The number of aliphatic hydroxyl groups excluding tert-OH is 1. The van der Waals surface area contributed by atoms with Crippen LogP contribution in [0.15, 0.2) is 16.8 Å². The minimum absolute atomic E-state index is 0.0111. The van der Waals surface area contributed by atoms with Crippen LogP contribution in [-0.2, 0) is 43.2 Å². The zero-order valence-corrected chi connectivity index (χ0v) is 41.4. The molecular weight excluding hydrogens is 961 g/mol. The Hall–Kier alpha value is -6.86. The van der Waals surface area contributed by atoms with E-state index in [2.05, 4.69) is 47.5 Å².